The second-order valence-corrected chi connectivity index (χ2v) is 4.02. The predicted molar refractivity (Wildman–Crippen MR) is 62.7 cm³/mol. The number of benzene rings is 1. The highest BCUT2D eigenvalue weighted by molar-refractivity contribution is 6.13. The van der Waals surface area contributed by atoms with Crippen LogP contribution in [0.5, 0.6) is 0 Å². The first-order valence-corrected chi connectivity index (χ1v) is 5.55. The maximum atomic E-state index is 13.6. The van der Waals surface area contributed by atoms with Crippen LogP contribution in [0.3, 0.4) is 0 Å². The van der Waals surface area contributed by atoms with Gasteiger partial charge >= 0.3 is 0 Å². The van der Waals surface area contributed by atoms with E-state index in [-0.39, 0.29) is 5.56 Å². The summed E-state index contributed by atoms with van der Waals surface area (Å²) in [5.74, 6) is -5.33. The molecule has 0 fully saturated rings. The zero-order chi connectivity index (χ0) is 14.3. The summed E-state index contributed by atoms with van der Waals surface area (Å²) in [6.45, 7) is 0. The van der Waals surface area contributed by atoms with Crippen LogP contribution in [-0.2, 0) is 0 Å². The minimum atomic E-state index is -1.68. The smallest absolute Gasteiger partial charge is 0.199 e. The molecule has 1 aromatic carbocycles. The highest BCUT2D eigenvalue weighted by Gasteiger charge is 2.22. The first-order chi connectivity index (χ1) is 9.59. The fraction of sp³-hybridized carbons (Fsp3) is 0. The van der Waals surface area contributed by atoms with Gasteiger partial charge < -0.3 is 0 Å². The van der Waals surface area contributed by atoms with Crippen molar-refractivity contribution in [3.63, 3.8) is 0 Å². The number of halogens is 3. The third-order valence-corrected chi connectivity index (χ3v) is 2.85. The van der Waals surface area contributed by atoms with Gasteiger partial charge in [0.05, 0.1) is 29.0 Å². The molecule has 2 aromatic heterocycles. The van der Waals surface area contributed by atoms with E-state index in [0.717, 1.165) is 6.07 Å². The van der Waals surface area contributed by atoms with E-state index in [2.05, 4.69) is 10.1 Å². The van der Waals surface area contributed by atoms with Gasteiger partial charge in [-0.1, -0.05) is 0 Å². The first-order valence-electron chi connectivity index (χ1n) is 5.55. The second-order valence-electron chi connectivity index (χ2n) is 4.02. The molecule has 0 radical (unpaired) electrons. The molecule has 2 heterocycles. The zero-order valence-corrected chi connectivity index (χ0v) is 9.85. The van der Waals surface area contributed by atoms with Crippen LogP contribution in [0.25, 0.3) is 5.52 Å². The van der Waals surface area contributed by atoms with Crippen molar-refractivity contribution in [2.24, 2.45) is 0 Å². The maximum absolute atomic E-state index is 13.6. The normalized spacial score (nSPS) is 10.9. The molecule has 0 unspecified atom stereocenters. The van der Waals surface area contributed by atoms with Gasteiger partial charge in [-0.15, -0.1) is 0 Å². The highest BCUT2D eigenvalue weighted by atomic mass is 19.2. The molecule has 100 valence electrons. The van der Waals surface area contributed by atoms with E-state index >= 15 is 0 Å². The minimum Gasteiger partial charge on any atom is -0.288 e. The molecule has 4 nitrogen and oxygen atoms in total. The van der Waals surface area contributed by atoms with E-state index in [4.69, 9.17) is 0 Å². The molecular formula is C13H6F3N3O. The summed E-state index contributed by atoms with van der Waals surface area (Å²) >= 11 is 0. The van der Waals surface area contributed by atoms with Gasteiger partial charge in [-0.2, -0.15) is 5.10 Å². The Morgan fingerprint density at radius 1 is 1.05 bits per heavy atom. The van der Waals surface area contributed by atoms with Crippen LogP contribution in [-0.4, -0.2) is 20.4 Å². The molecule has 0 amide bonds. The Kier molecular flexibility index (Phi) is 2.74. The van der Waals surface area contributed by atoms with Gasteiger partial charge in [0.2, 0.25) is 0 Å². The summed E-state index contributed by atoms with van der Waals surface area (Å²) in [6.07, 6.45) is 5.57. The molecule has 20 heavy (non-hydrogen) atoms. The number of hydrogen-bond acceptors (Lipinski definition) is 3. The molecule has 0 aliphatic heterocycles. The van der Waals surface area contributed by atoms with Crippen molar-refractivity contribution < 1.29 is 18.0 Å². The zero-order valence-electron chi connectivity index (χ0n) is 9.85. The van der Waals surface area contributed by atoms with Crippen molar-refractivity contribution in [2.45, 2.75) is 0 Å². The summed E-state index contributed by atoms with van der Waals surface area (Å²) in [5, 5.41) is 3.90. The average molecular weight is 277 g/mol. The van der Waals surface area contributed by atoms with Crippen LogP contribution in [0, 0.1) is 17.5 Å². The van der Waals surface area contributed by atoms with Crippen molar-refractivity contribution in [1.29, 1.82) is 0 Å². The van der Waals surface area contributed by atoms with Gasteiger partial charge in [-0.05, 0) is 12.1 Å². The molecule has 7 heteroatoms. The monoisotopic (exact) mass is 277 g/mol. The molecule has 0 spiro atoms. The van der Waals surface area contributed by atoms with Gasteiger partial charge in [-0.3, -0.25) is 9.78 Å². The van der Waals surface area contributed by atoms with Crippen molar-refractivity contribution in [1.82, 2.24) is 14.6 Å². The van der Waals surface area contributed by atoms with Gasteiger partial charge in [0.25, 0.3) is 0 Å². The van der Waals surface area contributed by atoms with E-state index in [1.165, 1.54) is 29.3 Å². The number of aromatic nitrogens is 3. The van der Waals surface area contributed by atoms with E-state index in [9.17, 15) is 18.0 Å². The number of ketones is 1. The van der Waals surface area contributed by atoms with Crippen molar-refractivity contribution in [2.75, 3.05) is 0 Å². The first kappa shape index (κ1) is 12.3. The van der Waals surface area contributed by atoms with Gasteiger partial charge in [0.15, 0.2) is 23.2 Å². The molecule has 0 aliphatic carbocycles. The van der Waals surface area contributed by atoms with E-state index in [1.54, 1.807) is 0 Å². The van der Waals surface area contributed by atoms with E-state index < -0.39 is 28.8 Å². The standard InChI is InChI=1S/C13H6F3N3O/c14-9-2-1-7(11(15)12(9)16)13(20)8-5-18-19-4-3-17-6-10(8)19/h1-6H. The number of carbonyl (C=O) groups excluding carboxylic acids is 1. The molecule has 3 aromatic rings. The average Bonchev–Trinajstić information content (AvgIpc) is 2.88. The number of nitrogens with zero attached hydrogens (tertiary/aromatic N) is 3. The summed E-state index contributed by atoms with van der Waals surface area (Å²) in [5.41, 5.74) is -0.146. The van der Waals surface area contributed by atoms with Crippen LogP contribution >= 0.6 is 0 Å². The Labute approximate surface area is 110 Å². The third kappa shape index (κ3) is 1.75. The SMILES string of the molecule is O=C(c1ccc(F)c(F)c1F)c1cnn2ccncc12. The van der Waals surface area contributed by atoms with E-state index in [1.807, 2.05) is 0 Å². The van der Waals surface area contributed by atoms with Crippen LogP contribution in [0.15, 0.2) is 36.9 Å². The molecule has 0 aliphatic rings. The molecule has 3 rings (SSSR count). The number of rotatable bonds is 2. The summed E-state index contributed by atoms with van der Waals surface area (Å²) < 4.78 is 41.0. The predicted octanol–water partition coefficient (Wildman–Crippen LogP) is 2.38. The van der Waals surface area contributed by atoms with Crippen molar-refractivity contribution in [3.8, 4) is 0 Å². The fourth-order valence-corrected chi connectivity index (χ4v) is 1.86. The topological polar surface area (TPSA) is 47.3 Å². The van der Waals surface area contributed by atoms with Crippen molar-refractivity contribution in [3.05, 3.63) is 65.5 Å². The quantitative estimate of drug-likeness (QED) is 0.533. The molecule has 0 saturated heterocycles. The summed E-state index contributed by atoms with van der Waals surface area (Å²) in [6, 6.07) is 1.60. The Bertz CT molecular complexity index is 829. The molecule has 0 bridgehead atoms. The lowest BCUT2D eigenvalue weighted by atomic mass is 10.0. The Morgan fingerprint density at radius 2 is 1.85 bits per heavy atom. The number of carbonyl (C=O) groups is 1. The van der Waals surface area contributed by atoms with Crippen LogP contribution in [0.1, 0.15) is 15.9 Å². The Hall–Kier alpha value is -2.70. The minimum absolute atomic E-state index is 0.0583. The van der Waals surface area contributed by atoms with Gasteiger partial charge in [0, 0.05) is 12.4 Å². The lowest BCUT2D eigenvalue weighted by Crippen LogP contribution is -2.07. The largest absolute Gasteiger partial charge is 0.288 e. The molecular weight excluding hydrogens is 271 g/mol. The van der Waals surface area contributed by atoms with Gasteiger partial charge in [-0.25, -0.2) is 17.7 Å². The summed E-state index contributed by atoms with van der Waals surface area (Å²) in [7, 11) is 0. The number of fused-ring (bicyclic) bond motifs is 1. The van der Waals surface area contributed by atoms with Crippen molar-refractivity contribution >= 4 is 11.3 Å². The van der Waals surface area contributed by atoms with E-state index in [0.29, 0.717) is 11.6 Å². The lowest BCUT2D eigenvalue weighted by Gasteiger charge is -2.03. The molecule has 0 N–H and O–H groups in total. The second kappa shape index (κ2) is 4.44. The third-order valence-electron chi connectivity index (χ3n) is 2.85. The highest BCUT2D eigenvalue weighted by Crippen LogP contribution is 2.20. The number of hydrogen-bond donors (Lipinski definition) is 0. The van der Waals surface area contributed by atoms with Crippen LogP contribution in [0.4, 0.5) is 13.2 Å². The molecule has 0 saturated carbocycles. The summed E-state index contributed by atoms with van der Waals surface area (Å²) in [4.78, 5) is 16.0. The maximum Gasteiger partial charge on any atom is 0.199 e. The Balaban J connectivity index is 2.16. The lowest BCUT2D eigenvalue weighted by molar-refractivity contribution is 0.103. The van der Waals surface area contributed by atoms with Crippen LogP contribution in [0.2, 0.25) is 0 Å². The Morgan fingerprint density at radius 3 is 2.65 bits per heavy atom. The molecule has 0 atom stereocenters. The fourth-order valence-electron chi connectivity index (χ4n) is 1.86. The van der Waals surface area contributed by atoms with Crippen LogP contribution < -0.4 is 0 Å². The van der Waals surface area contributed by atoms with Gasteiger partial charge in [0.1, 0.15) is 0 Å².